The normalized spacial score (nSPS) is 12.2. The minimum atomic E-state index is -1.49. The standard InChI is InChI=1S/C18H23B12NO2/c19-3-1-2-4(20)6(22)8(24)13-17(2)31(16(1)11(27)7(23)5(3)21)18-12(28)15(30(32)33)10(26)9(25)14(18)29-13/h29,32-33H,19-28H2. The molecule has 5 rings (SSSR count). The van der Waals surface area contributed by atoms with Gasteiger partial charge in [-0.3, -0.25) is 0 Å². The van der Waals surface area contributed by atoms with Crippen molar-refractivity contribution in [2.45, 2.75) is 0 Å². The van der Waals surface area contributed by atoms with Crippen molar-refractivity contribution in [1.82, 2.24) is 4.57 Å². The van der Waals surface area contributed by atoms with Crippen molar-refractivity contribution in [2.75, 3.05) is 0 Å². The third-order valence-electron chi connectivity index (χ3n) is 9.13. The Morgan fingerprint density at radius 1 is 0.515 bits per heavy atom. The molecule has 0 amide bonds. The molecule has 1 aromatic heterocycles. The molecule has 0 spiro atoms. The molecule has 0 radical (unpaired) electrons. The fourth-order valence-corrected chi connectivity index (χ4v) is 6.51. The van der Waals surface area contributed by atoms with E-state index < -0.39 is 7.12 Å². The molecule has 0 bridgehead atoms. The number of benzene rings is 3. The first-order valence-electron chi connectivity index (χ1n) is 11.9. The van der Waals surface area contributed by atoms with Gasteiger partial charge < -0.3 is 14.6 Å². The Kier molecular flexibility index (Phi) is 5.09. The molecule has 1 aliphatic rings. The first-order chi connectivity index (χ1) is 15.4. The van der Waals surface area contributed by atoms with Gasteiger partial charge in [0.15, 0.2) is 7.28 Å². The van der Waals surface area contributed by atoms with Gasteiger partial charge in [-0.1, -0.05) is 54.6 Å². The van der Waals surface area contributed by atoms with E-state index >= 15 is 0 Å². The molecule has 2 heterocycles. The van der Waals surface area contributed by atoms with Crippen LogP contribution in [0.25, 0.3) is 27.5 Å². The van der Waals surface area contributed by atoms with Gasteiger partial charge in [-0.15, -0.1) is 10.9 Å². The van der Waals surface area contributed by atoms with Gasteiger partial charge in [0.1, 0.15) is 78.5 Å². The van der Waals surface area contributed by atoms with Gasteiger partial charge in [0.2, 0.25) is 0 Å². The predicted molar refractivity (Wildman–Crippen MR) is 179 cm³/mol. The second-order valence-electron chi connectivity index (χ2n) is 10.3. The summed E-state index contributed by atoms with van der Waals surface area (Å²) in [6, 6.07) is 0. The molecule has 15 heteroatoms. The summed E-state index contributed by atoms with van der Waals surface area (Å²) in [5.74, 6) is 0. The maximum atomic E-state index is 10.3. The molecule has 4 aromatic rings. The molecular weight excluding hydrogens is 392 g/mol. The molecule has 3 nitrogen and oxygen atoms in total. The summed E-state index contributed by atoms with van der Waals surface area (Å²) in [7, 11) is 21.4. The number of fused-ring (bicyclic) bond motifs is 5. The minimum Gasteiger partial charge on any atom is -0.423 e. The number of hydrogen-bond acceptors (Lipinski definition) is 2. The average Bonchev–Trinajstić information content (AvgIpc) is 3.12. The zero-order chi connectivity index (χ0) is 24.3. The fourth-order valence-electron chi connectivity index (χ4n) is 6.51. The van der Waals surface area contributed by atoms with Crippen LogP contribution < -0.4 is 71.0 Å². The molecule has 2 N–H and O–H groups in total. The van der Waals surface area contributed by atoms with Crippen LogP contribution in [-0.4, -0.2) is 107 Å². The number of aromatic nitrogens is 1. The molecule has 0 saturated heterocycles. The van der Waals surface area contributed by atoms with E-state index in [-0.39, 0.29) is 0 Å². The Hall–Kier alpha value is -1.84. The van der Waals surface area contributed by atoms with Crippen molar-refractivity contribution in [2.24, 2.45) is 0 Å². The highest BCUT2D eigenvalue weighted by molar-refractivity contribution is 6.85. The van der Waals surface area contributed by atoms with Crippen LogP contribution in [0.2, 0.25) is 0 Å². The quantitative estimate of drug-likeness (QED) is 0.268. The summed E-state index contributed by atoms with van der Waals surface area (Å²) in [4.78, 5) is 0. The molecule has 0 fully saturated rings. The third kappa shape index (κ3) is 2.70. The van der Waals surface area contributed by atoms with Gasteiger partial charge >= 0.3 is 7.12 Å². The van der Waals surface area contributed by atoms with Crippen molar-refractivity contribution in [3.8, 4) is 5.69 Å². The summed E-state index contributed by atoms with van der Waals surface area (Å²) in [5.41, 5.74) is 19.7. The highest BCUT2D eigenvalue weighted by atomic mass is 16.4. The Morgan fingerprint density at radius 3 is 1.58 bits per heavy atom. The van der Waals surface area contributed by atoms with E-state index in [1.165, 1.54) is 71.0 Å². The van der Waals surface area contributed by atoms with E-state index in [1.54, 1.807) is 0 Å². The zero-order valence-electron chi connectivity index (χ0n) is 21.6. The van der Waals surface area contributed by atoms with Crippen LogP contribution >= 0.6 is 0 Å². The summed E-state index contributed by atoms with van der Waals surface area (Å²) in [5, 5.41) is 23.3. The van der Waals surface area contributed by atoms with Gasteiger partial charge in [0.25, 0.3) is 0 Å². The Labute approximate surface area is 205 Å². The Morgan fingerprint density at radius 2 is 1.00 bits per heavy atom. The lowest BCUT2D eigenvalue weighted by atomic mass is 9.48. The van der Waals surface area contributed by atoms with Crippen LogP contribution in [0.3, 0.4) is 0 Å². The van der Waals surface area contributed by atoms with Crippen molar-refractivity contribution >= 4 is 186 Å². The van der Waals surface area contributed by atoms with Crippen LogP contribution in [0.5, 0.6) is 0 Å². The van der Waals surface area contributed by atoms with Crippen LogP contribution in [0.1, 0.15) is 0 Å². The maximum Gasteiger partial charge on any atom is 0.487 e. The van der Waals surface area contributed by atoms with Crippen molar-refractivity contribution < 1.29 is 10.0 Å². The molecule has 3 aromatic carbocycles. The van der Waals surface area contributed by atoms with Gasteiger partial charge in [-0.25, -0.2) is 0 Å². The number of hydrogen-bond donors (Lipinski definition) is 2. The zero-order valence-corrected chi connectivity index (χ0v) is 21.6. The summed E-state index contributed by atoms with van der Waals surface area (Å²) < 4.78 is 2.47. The first kappa shape index (κ1) is 22.9. The molecule has 0 unspecified atom stereocenters. The molecular formula is C18H23B12NO2. The molecule has 1 aliphatic heterocycles. The number of rotatable bonds is 1. The Bertz CT molecular complexity index is 1550. The molecule has 148 valence electrons. The highest BCUT2D eigenvalue weighted by Crippen LogP contribution is 2.26. The molecule has 0 saturated carbocycles. The van der Waals surface area contributed by atoms with Crippen molar-refractivity contribution in [1.29, 1.82) is 0 Å². The van der Waals surface area contributed by atoms with E-state index in [1.807, 2.05) is 7.85 Å². The van der Waals surface area contributed by atoms with E-state index in [0.717, 1.165) is 29.4 Å². The van der Waals surface area contributed by atoms with E-state index in [4.69, 9.17) is 0 Å². The number of nitrogens with zero attached hydrogens (tertiary/aromatic N) is 1. The molecule has 33 heavy (non-hydrogen) atoms. The lowest BCUT2D eigenvalue weighted by molar-refractivity contribution is 0.426. The summed E-state index contributed by atoms with van der Waals surface area (Å²) >= 11 is 0. The average molecular weight is 415 g/mol. The highest BCUT2D eigenvalue weighted by Gasteiger charge is 2.32. The first-order valence-corrected chi connectivity index (χ1v) is 11.9. The predicted octanol–water partition coefficient (Wildman–Crippen LogP) is -17.3. The smallest absolute Gasteiger partial charge is 0.423 e. The molecule has 0 atom stereocenters. The van der Waals surface area contributed by atoms with Gasteiger partial charge in [-0.2, -0.15) is 0 Å². The van der Waals surface area contributed by atoms with Crippen LogP contribution in [0, 0.1) is 0 Å². The largest absolute Gasteiger partial charge is 0.487 e. The fraction of sp³-hybridized carbons (Fsp3) is 0. The summed E-state index contributed by atoms with van der Waals surface area (Å²) in [6.07, 6.45) is 0. The second-order valence-corrected chi connectivity index (χ2v) is 10.3. The monoisotopic (exact) mass is 417 g/mol. The lowest BCUT2D eigenvalue weighted by Gasteiger charge is -2.30. The van der Waals surface area contributed by atoms with Crippen LogP contribution in [-0.2, 0) is 0 Å². The lowest BCUT2D eigenvalue weighted by Crippen LogP contribution is -2.66. The molecule has 0 aliphatic carbocycles. The van der Waals surface area contributed by atoms with Gasteiger partial charge in [-0.05, 0) is 16.2 Å². The second kappa shape index (κ2) is 7.33. The van der Waals surface area contributed by atoms with Crippen LogP contribution in [0.4, 0.5) is 0 Å². The minimum absolute atomic E-state index is 0.642. The van der Waals surface area contributed by atoms with Crippen LogP contribution in [0.15, 0.2) is 0 Å². The van der Waals surface area contributed by atoms with E-state index in [0.29, 0.717) is 5.46 Å². The SMILES string of the molecule is Bc1c(B)c(B(O)O)c(B)c2c1Bc1c(B)c(B)c(B)c3c4c(B)c(B)c(B)c(B)c4n-2c13. The third-order valence-corrected chi connectivity index (χ3v) is 9.13. The van der Waals surface area contributed by atoms with Crippen molar-refractivity contribution in [3.63, 3.8) is 0 Å². The van der Waals surface area contributed by atoms with E-state index in [9.17, 15) is 10.0 Å². The van der Waals surface area contributed by atoms with Gasteiger partial charge in [0, 0.05) is 16.7 Å². The maximum absolute atomic E-state index is 10.3. The van der Waals surface area contributed by atoms with Crippen molar-refractivity contribution in [3.05, 3.63) is 0 Å². The summed E-state index contributed by atoms with van der Waals surface area (Å²) in [6.45, 7) is 0. The van der Waals surface area contributed by atoms with E-state index in [2.05, 4.69) is 75.2 Å². The Balaban J connectivity index is 2.19. The topological polar surface area (TPSA) is 45.4 Å². The van der Waals surface area contributed by atoms with Gasteiger partial charge in [0.05, 0.1) is 0 Å².